The molecule has 0 amide bonds. The summed E-state index contributed by atoms with van der Waals surface area (Å²) < 4.78 is 14.9. The fourth-order valence-corrected chi connectivity index (χ4v) is 3.26. The van der Waals surface area contributed by atoms with E-state index in [2.05, 4.69) is 15.0 Å². The van der Waals surface area contributed by atoms with Gasteiger partial charge in [-0.3, -0.25) is 9.36 Å². The molecule has 0 unspecified atom stereocenters. The number of thiazole rings is 1. The first-order valence-electron chi connectivity index (χ1n) is 7.54. The van der Waals surface area contributed by atoms with Crippen LogP contribution in [0.25, 0.3) is 28.7 Å². The van der Waals surface area contributed by atoms with Crippen LogP contribution in [0.15, 0.2) is 52.9 Å². The Morgan fingerprint density at radius 2 is 2.04 bits per heavy atom. The molecule has 4 aromatic rings. The predicted octanol–water partition coefficient (Wildman–Crippen LogP) is 4.20. The highest BCUT2D eigenvalue weighted by Crippen LogP contribution is 2.20. The van der Waals surface area contributed by atoms with Crippen LogP contribution in [0.2, 0.25) is 5.15 Å². The highest BCUT2D eigenvalue weighted by Gasteiger charge is 2.14. The molecule has 1 aromatic carbocycles. The lowest BCUT2D eigenvalue weighted by atomic mass is 10.2. The first-order chi connectivity index (χ1) is 12.6. The fourth-order valence-electron chi connectivity index (χ4n) is 2.53. The number of rotatable bonds is 3. The Hall–Kier alpha value is -2.90. The molecule has 0 fully saturated rings. The van der Waals surface area contributed by atoms with Crippen molar-refractivity contribution in [3.05, 3.63) is 80.3 Å². The molecule has 4 rings (SSSR count). The van der Waals surface area contributed by atoms with E-state index in [0.29, 0.717) is 17.0 Å². The van der Waals surface area contributed by atoms with Crippen LogP contribution in [-0.4, -0.2) is 19.5 Å². The number of halogens is 2. The summed E-state index contributed by atoms with van der Waals surface area (Å²) in [5.74, 6) is -0.162. The third kappa shape index (κ3) is 3.02. The molecule has 3 heterocycles. The Bertz CT molecular complexity index is 1190. The van der Waals surface area contributed by atoms with Gasteiger partial charge in [-0.2, -0.15) is 0 Å². The Labute approximate surface area is 156 Å². The smallest absolute Gasteiger partial charge is 0.266 e. The van der Waals surface area contributed by atoms with E-state index in [1.54, 1.807) is 30.5 Å². The van der Waals surface area contributed by atoms with Crippen molar-refractivity contribution in [2.24, 2.45) is 0 Å². The van der Waals surface area contributed by atoms with Crippen LogP contribution in [-0.2, 0) is 0 Å². The minimum Gasteiger partial charge on any atom is -0.268 e. The van der Waals surface area contributed by atoms with Gasteiger partial charge in [0.05, 0.1) is 16.6 Å². The van der Waals surface area contributed by atoms with Gasteiger partial charge in [-0.25, -0.2) is 19.3 Å². The molecule has 0 bridgehead atoms. The number of hydrogen-bond donors (Lipinski definition) is 0. The normalized spacial score (nSPS) is 11.5. The number of nitrogens with zero attached hydrogens (tertiary/aromatic N) is 4. The molecule has 0 saturated carbocycles. The van der Waals surface area contributed by atoms with Crippen molar-refractivity contribution in [3.8, 4) is 5.69 Å². The van der Waals surface area contributed by atoms with Gasteiger partial charge in [0.25, 0.3) is 5.56 Å². The number of benzene rings is 1. The number of hydrogen-bond acceptors (Lipinski definition) is 5. The maximum Gasteiger partial charge on any atom is 0.266 e. The summed E-state index contributed by atoms with van der Waals surface area (Å²) in [4.78, 5) is 25.7. The molecule has 0 aliphatic rings. The molecule has 0 aliphatic heterocycles. The number of fused-ring (bicyclic) bond motifs is 1. The fraction of sp³-hybridized carbons (Fsp3) is 0. The van der Waals surface area contributed by atoms with Crippen LogP contribution < -0.4 is 5.56 Å². The van der Waals surface area contributed by atoms with E-state index in [4.69, 9.17) is 11.6 Å². The first-order valence-corrected chi connectivity index (χ1v) is 8.80. The molecule has 0 radical (unpaired) electrons. The summed E-state index contributed by atoms with van der Waals surface area (Å²) in [5.41, 5.74) is 0.339. The summed E-state index contributed by atoms with van der Waals surface area (Å²) in [5, 5.41) is 2.93. The Morgan fingerprint density at radius 1 is 1.15 bits per heavy atom. The van der Waals surface area contributed by atoms with Gasteiger partial charge in [0, 0.05) is 17.8 Å². The number of pyridine rings is 1. The van der Waals surface area contributed by atoms with Gasteiger partial charge in [0.1, 0.15) is 16.6 Å². The van der Waals surface area contributed by atoms with Crippen LogP contribution >= 0.6 is 22.9 Å². The molecule has 5 nitrogen and oxygen atoms in total. The summed E-state index contributed by atoms with van der Waals surface area (Å²) >= 11 is 7.63. The zero-order valence-corrected chi connectivity index (χ0v) is 14.7. The molecule has 0 atom stereocenters. The lowest BCUT2D eigenvalue weighted by Crippen LogP contribution is -2.23. The average molecular weight is 385 g/mol. The van der Waals surface area contributed by atoms with Gasteiger partial charge in [-0.1, -0.05) is 11.6 Å². The molecule has 0 aliphatic carbocycles. The molecule has 26 heavy (non-hydrogen) atoms. The van der Waals surface area contributed by atoms with E-state index < -0.39 is 11.4 Å². The lowest BCUT2D eigenvalue weighted by Gasteiger charge is -2.12. The van der Waals surface area contributed by atoms with Crippen molar-refractivity contribution in [3.63, 3.8) is 0 Å². The Kier molecular flexibility index (Phi) is 4.32. The van der Waals surface area contributed by atoms with Gasteiger partial charge < -0.3 is 0 Å². The molecule has 0 spiro atoms. The zero-order chi connectivity index (χ0) is 18.1. The summed E-state index contributed by atoms with van der Waals surface area (Å²) in [7, 11) is 0. The quantitative estimate of drug-likeness (QED) is 0.497. The van der Waals surface area contributed by atoms with Gasteiger partial charge in [0.2, 0.25) is 0 Å². The third-order valence-electron chi connectivity index (χ3n) is 3.66. The second-order valence-electron chi connectivity index (χ2n) is 5.29. The summed E-state index contributed by atoms with van der Waals surface area (Å²) in [6, 6.07) is 7.23. The summed E-state index contributed by atoms with van der Waals surface area (Å²) in [6.45, 7) is 0. The van der Waals surface area contributed by atoms with Crippen molar-refractivity contribution in [2.45, 2.75) is 0 Å². The van der Waals surface area contributed by atoms with Gasteiger partial charge >= 0.3 is 0 Å². The van der Waals surface area contributed by atoms with Crippen molar-refractivity contribution in [2.75, 3.05) is 0 Å². The van der Waals surface area contributed by atoms with Crippen LogP contribution in [0.5, 0.6) is 0 Å². The topological polar surface area (TPSA) is 60.7 Å². The maximum atomic E-state index is 13.6. The van der Waals surface area contributed by atoms with Gasteiger partial charge in [0.15, 0.2) is 5.15 Å². The maximum absolute atomic E-state index is 13.6. The van der Waals surface area contributed by atoms with Crippen molar-refractivity contribution < 1.29 is 4.39 Å². The predicted molar refractivity (Wildman–Crippen MR) is 101 cm³/mol. The van der Waals surface area contributed by atoms with Crippen LogP contribution in [0, 0.1) is 5.82 Å². The van der Waals surface area contributed by atoms with Gasteiger partial charge in [-0.15, -0.1) is 11.3 Å². The number of aromatic nitrogens is 4. The van der Waals surface area contributed by atoms with Crippen molar-refractivity contribution >= 4 is 46.0 Å². The molecule has 3 aromatic heterocycles. The van der Waals surface area contributed by atoms with E-state index in [9.17, 15) is 9.18 Å². The van der Waals surface area contributed by atoms with Crippen molar-refractivity contribution in [1.29, 1.82) is 0 Å². The molecule has 8 heteroatoms. The monoisotopic (exact) mass is 384 g/mol. The standard InChI is InChI=1S/C18H10ClFN4OS/c19-17-14(2-1-7-22-17)24-15(5-6-16-21-8-9-26-16)23-13-4-3-11(20)10-12(13)18(24)25/h1-10H/b6-5+. The lowest BCUT2D eigenvalue weighted by molar-refractivity contribution is 0.629. The summed E-state index contributed by atoms with van der Waals surface area (Å²) in [6.07, 6.45) is 6.64. The molecule has 0 N–H and O–H groups in total. The van der Waals surface area contributed by atoms with E-state index in [1.165, 1.54) is 40.3 Å². The first kappa shape index (κ1) is 16.6. The van der Waals surface area contributed by atoms with E-state index in [1.807, 2.05) is 5.38 Å². The largest absolute Gasteiger partial charge is 0.268 e. The second kappa shape index (κ2) is 6.78. The van der Waals surface area contributed by atoms with Crippen molar-refractivity contribution in [1.82, 2.24) is 19.5 Å². The van der Waals surface area contributed by atoms with Crippen LogP contribution in [0.1, 0.15) is 10.8 Å². The highest BCUT2D eigenvalue weighted by molar-refractivity contribution is 7.10. The highest BCUT2D eigenvalue weighted by atomic mass is 35.5. The minimum atomic E-state index is -0.508. The van der Waals surface area contributed by atoms with Gasteiger partial charge in [-0.05, 0) is 42.5 Å². The van der Waals surface area contributed by atoms with Crippen LogP contribution in [0.4, 0.5) is 4.39 Å². The minimum absolute atomic E-state index is 0.149. The average Bonchev–Trinajstić information content (AvgIpc) is 3.15. The van der Waals surface area contributed by atoms with Crippen LogP contribution in [0.3, 0.4) is 0 Å². The zero-order valence-electron chi connectivity index (χ0n) is 13.1. The molecule has 128 valence electrons. The van der Waals surface area contributed by atoms with E-state index in [0.717, 1.165) is 5.01 Å². The Morgan fingerprint density at radius 3 is 2.81 bits per heavy atom. The Balaban J connectivity index is 2.02. The van der Waals surface area contributed by atoms with E-state index in [-0.39, 0.29) is 10.5 Å². The van der Waals surface area contributed by atoms with E-state index >= 15 is 0 Å². The SMILES string of the molecule is O=c1c2cc(F)ccc2nc(/C=C/c2nccs2)n1-c1cccnc1Cl. The molecular weight excluding hydrogens is 375 g/mol. The molecule has 0 saturated heterocycles. The third-order valence-corrected chi connectivity index (χ3v) is 4.69. The second-order valence-corrected chi connectivity index (χ2v) is 6.57. The molecular formula is C18H10ClFN4OS.